The van der Waals surface area contributed by atoms with E-state index < -0.39 is 5.97 Å². The molecular weight excluding hydrogens is 258 g/mol. The molecule has 0 fully saturated rings. The van der Waals surface area contributed by atoms with Gasteiger partial charge in [0.1, 0.15) is 12.3 Å². The van der Waals surface area contributed by atoms with E-state index in [2.05, 4.69) is 0 Å². The van der Waals surface area contributed by atoms with Gasteiger partial charge in [0.05, 0.1) is 13.0 Å². The Balaban J connectivity index is 2.44. The Bertz CT molecular complexity index is 485. The Morgan fingerprint density at radius 1 is 1.25 bits per heavy atom. The van der Waals surface area contributed by atoms with Crippen LogP contribution in [0.1, 0.15) is 24.5 Å². The van der Waals surface area contributed by atoms with E-state index in [0.717, 1.165) is 11.3 Å². The average Bonchev–Trinajstić information content (AvgIpc) is 2.39. The number of hydrogen-bond donors (Lipinski definition) is 1. The number of carboxylic acids is 1. The lowest BCUT2D eigenvalue weighted by molar-refractivity contribution is -0.144. The molecule has 110 valence electrons. The minimum Gasteiger partial charge on any atom is -0.493 e. The zero-order valence-corrected chi connectivity index (χ0v) is 12.2. The molecule has 5 nitrogen and oxygen atoms in total. The van der Waals surface area contributed by atoms with Gasteiger partial charge in [-0.05, 0) is 44.0 Å². The molecule has 0 aliphatic heterocycles. The van der Waals surface area contributed by atoms with Gasteiger partial charge in [-0.2, -0.15) is 0 Å². The van der Waals surface area contributed by atoms with Gasteiger partial charge in [-0.25, -0.2) is 0 Å². The number of benzene rings is 1. The number of nitrogens with zero attached hydrogens (tertiary/aromatic N) is 1. The topological polar surface area (TPSA) is 66.8 Å². The van der Waals surface area contributed by atoms with E-state index in [4.69, 9.17) is 9.84 Å². The number of aliphatic carboxylic acids is 1. The van der Waals surface area contributed by atoms with Crippen molar-refractivity contribution in [2.75, 3.05) is 19.7 Å². The molecule has 1 aromatic carbocycles. The van der Waals surface area contributed by atoms with Crippen LogP contribution in [0.4, 0.5) is 0 Å². The summed E-state index contributed by atoms with van der Waals surface area (Å²) in [4.78, 5) is 23.7. The maximum Gasteiger partial charge on any atom is 0.323 e. The molecule has 0 radical (unpaired) electrons. The zero-order valence-electron chi connectivity index (χ0n) is 12.2. The largest absolute Gasteiger partial charge is 0.493 e. The molecule has 1 N–H and O–H groups in total. The summed E-state index contributed by atoms with van der Waals surface area (Å²) >= 11 is 0. The third-order valence-electron chi connectivity index (χ3n) is 3.12. The molecule has 0 saturated heterocycles. The summed E-state index contributed by atoms with van der Waals surface area (Å²) in [6.45, 7) is 6.14. The molecule has 0 saturated carbocycles. The number of carbonyl (C=O) groups is 2. The molecule has 0 aromatic heterocycles. The van der Waals surface area contributed by atoms with Gasteiger partial charge in [0, 0.05) is 6.54 Å². The minimum absolute atomic E-state index is 0.175. The average molecular weight is 279 g/mol. The van der Waals surface area contributed by atoms with Gasteiger partial charge in [-0.3, -0.25) is 9.59 Å². The molecule has 1 amide bonds. The molecule has 0 unspecified atom stereocenters. The fourth-order valence-corrected chi connectivity index (χ4v) is 1.76. The first-order chi connectivity index (χ1) is 9.43. The van der Waals surface area contributed by atoms with Gasteiger partial charge in [-0.1, -0.05) is 6.07 Å². The van der Waals surface area contributed by atoms with E-state index in [1.807, 2.05) is 32.0 Å². The highest BCUT2D eigenvalue weighted by molar-refractivity contribution is 5.81. The third kappa shape index (κ3) is 4.91. The van der Waals surface area contributed by atoms with Crippen molar-refractivity contribution in [1.82, 2.24) is 4.90 Å². The van der Waals surface area contributed by atoms with Crippen molar-refractivity contribution in [3.63, 3.8) is 0 Å². The normalized spacial score (nSPS) is 10.2. The number of likely N-dealkylation sites (N-methyl/N-ethyl adjacent to an activating group) is 1. The lowest BCUT2D eigenvalue weighted by Gasteiger charge is -2.18. The number of amides is 1. The van der Waals surface area contributed by atoms with Gasteiger partial charge in [0.15, 0.2) is 0 Å². The molecule has 0 atom stereocenters. The number of carboxylic acid groups (broad SMARTS) is 1. The molecule has 5 heteroatoms. The molecular formula is C15H21NO4. The molecule has 0 bridgehead atoms. The van der Waals surface area contributed by atoms with E-state index in [1.54, 1.807) is 6.92 Å². The molecule has 1 aromatic rings. The predicted molar refractivity (Wildman–Crippen MR) is 75.9 cm³/mol. The Labute approximate surface area is 119 Å². The van der Waals surface area contributed by atoms with Crippen LogP contribution in [0.15, 0.2) is 18.2 Å². The first-order valence-electron chi connectivity index (χ1n) is 6.63. The van der Waals surface area contributed by atoms with E-state index in [-0.39, 0.29) is 25.5 Å². The second kappa shape index (κ2) is 7.53. The van der Waals surface area contributed by atoms with Crippen LogP contribution in [0.2, 0.25) is 0 Å². The van der Waals surface area contributed by atoms with E-state index in [0.29, 0.717) is 6.54 Å². The monoisotopic (exact) mass is 279 g/mol. The Kier molecular flexibility index (Phi) is 6.03. The number of carbonyl (C=O) groups excluding carboxylic acids is 1. The maximum absolute atomic E-state index is 11.8. The van der Waals surface area contributed by atoms with Crippen LogP contribution >= 0.6 is 0 Å². The Hall–Kier alpha value is -2.04. The van der Waals surface area contributed by atoms with Crippen molar-refractivity contribution >= 4 is 11.9 Å². The van der Waals surface area contributed by atoms with Gasteiger partial charge < -0.3 is 14.7 Å². The first-order valence-corrected chi connectivity index (χ1v) is 6.63. The van der Waals surface area contributed by atoms with Crippen molar-refractivity contribution in [3.05, 3.63) is 29.3 Å². The molecule has 0 spiro atoms. The van der Waals surface area contributed by atoms with Crippen LogP contribution in [-0.4, -0.2) is 41.6 Å². The maximum atomic E-state index is 11.8. The quantitative estimate of drug-likeness (QED) is 0.829. The van der Waals surface area contributed by atoms with E-state index >= 15 is 0 Å². The molecule has 0 aliphatic carbocycles. The van der Waals surface area contributed by atoms with Crippen molar-refractivity contribution in [1.29, 1.82) is 0 Å². The first kappa shape index (κ1) is 16.0. The summed E-state index contributed by atoms with van der Waals surface area (Å²) in [5.41, 5.74) is 2.32. The fourth-order valence-electron chi connectivity index (χ4n) is 1.76. The highest BCUT2D eigenvalue weighted by Crippen LogP contribution is 2.16. The van der Waals surface area contributed by atoms with E-state index in [1.165, 1.54) is 10.5 Å². The van der Waals surface area contributed by atoms with E-state index in [9.17, 15) is 9.59 Å². The van der Waals surface area contributed by atoms with Crippen molar-refractivity contribution in [2.45, 2.75) is 27.2 Å². The number of ether oxygens (including phenoxy) is 1. The third-order valence-corrected chi connectivity index (χ3v) is 3.12. The van der Waals surface area contributed by atoms with Gasteiger partial charge in [0.2, 0.25) is 5.91 Å². The summed E-state index contributed by atoms with van der Waals surface area (Å²) in [7, 11) is 0. The van der Waals surface area contributed by atoms with Crippen LogP contribution in [0.25, 0.3) is 0 Å². The molecule has 0 aliphatic rings. The summed E-state index contributed by atoms with van der Waals surface area (Å²) in [5.74, 6) is -0.490. The Morgan fingerprint density at radius 2 is 1.95 bits per heavy atom. The van der Waals surface area contributed by atoms with Gasteiger partial charge in [-0.15, -0.1) is 0 Å². The number of aryl methyl sites for hydroxylation is 2. The van der Waals surface area contributed by atoms with Crippen LogP contribution in [0, 0.1) is 13.8 Å². The fraction of sp³-hybridized carbons (Fsp3) is 0.467. The van der Waals surface area contributed by atoms with Gasteiger partial charge in [0.25, 0.3) is 0 Å². The second-order valence-electron chi connectivity index (χ2n) is 4.65. The van der Waals surface area contributed by atoms with Crippen LogP contribution in [0.5, 0.6) is 5.75 Å². The SMILES string of the molecule is CCN(CC(=O)O)C(=O)CCOc1ccc(C)c(C)c1. The summed E-state index contributed by atoms with van der Waals surface area (Å²) in [6.07, 6.45) is 0.175. The molecule has 0 heterocycles. The van der Waals surface area contributed by atoms with Crippen LogP contribution in [0.3, 0.4) is 0 Å². The summed E-state index contributed by atoms with van der Waals surface area (Å²) < 4.78 is 5.52. The minimum atomic E-state index is -1.00. The zero-order chi connectivity index (χ0) is 15.1. The number of hydrogen-bond acceptors (Lipinski definition) is 3. The second-order valence-corrected chi connectivity index (χ2v) is 4.65. The van der Waals surface area contributed by atoms with Crippen LogP contribution < -0.4 is 4.74 Å². The van der Waals surface area contributed by atoms with Crippen molar-refractivity contribution in [3.8, 4) is 5.75 Å². The van der Waals surface area contributed by atoms with Gasteiger partial charge >= 0.3 is 5.97 Å². The molecule has 1 rings (SSSR count). The summed E-state index contributed by atoms with van der Waals surface area (Å²) in [5, 5.41) is 8.70. The lowest BCUT2D eigenvalue weighted by Crippen LogP contribution is -2.36. The smallest absolute Gasteiger partial charge is 0.323 e. The summed E-state index contributed by atoms with van der Waals surface area (Å²) in [6, 6.07) is 5.76. The molecule has 20 heavy (non-hydrogen) atoms. The standard InChI is InChI=1S/C15H21NO4/c1-4-16(10-15(18)19)14(17)7-8-20-13-6-5-11(2)12(3)9-13/h5-6,9H,4,7-8,10H2,1-3H3,(H,18,19). The number of rotatable bonds is 7. The highest BCUT2D eigenvalue weighted by Gasteiger charge is 2.14. The Morgan fingerprint density at radius 3 is 2.50 bits per heavy atom. The predicted octanol–water partition coefficient (Wildman–Crippen LogP) is 2.01. The highest BCUT2D eigenvalue weighted by atomic mass is 16.5. The van der Waals surface area contributed by atoms with Crippen molar-refractivity contribution < 1.29 is 19.4 Å². The van der Waals surface area contributed by atoms with Crippen LogP contribution in [-0.2, 0) is 9.59 Å². The lowest BCUT2D eigenvalue weighted by atomic mass is 10.1. The van der Waals surface area contributed by atoms with Crippen molar-refractivity contribution in [2.24, 2.45) is 0 Å².